The van der Waals surface area contributed by atoms with E-state index in [0.717, 1.165) is 0 Å². The molecule has 8 aromatic rings. The molecule has 0 aliphatic carbocycles. The van der Waals surface area contributed by atoms with Gasteiger partial charge in [-0.25, -0.2) is 0 Å². The molecule has 0 saturated heterocycles. The lowest BCUT2D eigenvalue weighted by molar-refractivity contribution is 1.64. The minimum absolute atomic E-state index is 1.24. The highest BCUT2D eigenvalue weighted by Gasteiger charge is 2.14. The Labute approximate surface area is 233 Å². The van der Waals surface area contributed by atoms with Gasteiger partial charge in [0.2, 0.25) is 0 Å². The Hall–Kier alpha value is -5.20. The standard InChI is InChI=1S/C40H26/c1-4-16-33-27(10-1)13-7-19-36(33)30-22-23-38-31(24-30)25-32(37-20-8-14-28-11-2-5-17-34(28)37)26-40(38)39-21-9-15-29-12-3-6-18-35(29)39/h1-26H. The van der Waals surface area contributed by atoms with Gasteiger partial charge in [0, 0.05) is 0 Å². The van der Waals surface area contributed by atoms with E-state index < -0.39 is 0 Å². The Balaban J connectivity index is 1.45. The van der Waals surface area contributed by atoms with Gasteiger partial charge in [-0.1, -0.05) is 140 Å². The molecule has 0 aliphatic rings. The zero-order chi connectivity index (χ0) is 26.5. The molecule has 0 aromatic heterocycles. The third-order valence-corrected chi connectivity index (χ3v) is 8.23. The van der Waals surface area contributed by atoms with Crippen LogP contribution >= 0.6 is 0 Å². The molecule has 0 heterocycles. The molecule has 0 radical (unpaired) electrons. The van der Waals surface area contributed by atoms with Crippen LogP contribution in [0.15, 0.2) is 158 Å². The summed E-state index contributed by atoms with van der Waals surface area (Å²) in [6.45, 7) is 0. The highest BCUT2D eigenvalue weighted by Crippen LogP contribution is 2.41. The van der Waals surface area contributed by atoms with Crippen molar-refractivity contribution >= 4 is 43.1 Å². The van der Waals surface area contributed by atoms with Crippen LogP contribution in [0.4, 0.5) is 0 Å². The van der Waals surface area contributed by atoms with Crippen LogP contribution in [-0.2, 0) is 0 Å². The summed E-state index contributed by atoms with van der Waals surface area (Å²) in [4.78, 5) is 0. The van der Waals surface area contributed by atoms with Gasteiger partial charge in [-0.3, -0.25) is 0 Å². The molecule has 0 amide bonds. The fraction of sp³-hybridized carbons (Fsp3) is 0. The molecule has 0 atom stereocenters. The van der Waals surface area contributed by atoms with E-state index in [0.29, 0.717) is 0 Å². The van der Waals surface area contributed by atoms with Gasteiger partial charge in [-0.05, 0) is 94.7 Å². The first kappa shape index (κ1) is 22.8. The minimum Gasteiger partial charge on any atom is -0.0616 e. The summed E-state index contributed by atoms with van der Waals surface area (Å²) in [5, 5.41) is 10.1. The van der Waals surface area contributed by atoms with Gasteiger partial charge in [-0.15, -0.1) is 0 Å². The van der Waals surface area contributed by atoms with E-state index in [1.54, 1.807) is 0 Å². The summed E-state index contributed by atoms with van der Waals surface area (Å²) < 4.78 is 0. The maximum atomic E-state index is 2.39. The Morgan fingerprint density at radius 2 is 0.650 bits per heavy atom. The first-order chi connectivity index (χ1) is 19.8. The number of rotatable bonds is 3. The van der Waals surface area contributed by atoms with Crippen LogP contribution in [0.1, 0.15) is 0 Å². The molecular weight excluding hydrogens is 480 g/mol. The van der Waals surface area contributed by atoms with Crippen molar-refractivity contribution < 1.29 is 0 Å². The van der Waals surface area contributed by atoms with Crippen molar-refractivity contribution in [3.63, 3.8) is 0 Å². The predicted octanol–water partition coefficient (Wildman–Crippen LogP) is 11.3. The van der Waals surface area contributed by atoms with E-state index in [1.165, 1.54) is 76.5 Å². The molecule has 186 valence electrons. The molecule has 0 heteroatoms. The SMILES string of the molecule is c1ccc2c(-c3ccc4c(-c5cccc6ccccc56)cc(-c5cccc6ccccc56)cc4c3)cccc2c1. The van der Waals surface area contributed by atoms with E-state index in [2.05, 4.69) is 158 Å². The summed E-state index contributed by atoms with van der Waals surface area (Å²) in [6, 6.07) is 57.7. The van der Waals surface area contributed by atoms with Crippen molar-refractivity contribution in [2.45, 2.75) is 0 Å². The molecule has 40 heavy (non-hydrogen) atoms. The predicted molar refractivity (Wildman–Crippen MR) is 173 cm³/mol. The van der Waals surface area contributed by atoms with Crippen molar-refractivity contribution in [1.82, 2.24) is 0 Å². The third kappa shape index (κ3) is 3.69. The molecule has 0 fully saturated rings. The Morgan fingerprint density at radius 1 is 0.225 bits per heavy atom. The Bertz CT molecular complexity index is 2200. The van der Waals surface area contributed by atoms with Crippen molar-refractivity contribution in [1.29, 1.82) is 0 Å². The topological polar surface area (TPSA) is 0 Å². The zero-order valence-electron chi connectivity index (χ0n) is 22.0. The maximum Gasteiger partial charge on any atom is -0.00930 e. The normalized spacial score (nSPS) is 11.5. The second-order valence-corrected chi connectivity index (χ2v) is 10.5. The number of benzene rings is 8. The molecule has 0 unspecified atom stereocenters. The second kappa shape index (κ2) is 9.22. The monoisotopic (exact) mass is 506 g/mol. The van der Waals surface area contributed by atoms with Gasteiger partial charge in [0.25, 0.3) is 0 Å². The van der Waals surface area contributed by atoms with Crippen LogP contribution in [0.2, 0.25) is 0 Å². The summed E-state index contributed by atoms with van der Waals surface area (Å²) in [6.07, 6.45) is 0. The van der Waals surface area contributed by atoms with E-state index in [4.69, 9.17) is 0 Å². The fourth-order valence-electron chi connectivity index (χ4n) is 6.33. The van der Waals surface area contributed by atoms with E-state index in [9.17, 15) is 0 Å². The van der Waals surface area contributed by atoms with Crippen molar-refractivity contribution in [3.8, 4) is 33.4 Å². The van der Waals surface area contributed by atoms with E-state index in [1.807, 2.05) is 0 Å². The molecule has 0 aliphatic heterocycles. The smallest absolute Gasteiger partial charge is 0.00930 e. The van der Waals surface area contributed by atoms with Crippen molar-refractivity contribution in [2.75, 3.05) is 0 Å². The summed E-state index contributed by atoms with van der Waals surface area (Å²) in [5.74, 6) is 0. The van der Waals surface area contributed by atoms with Crippen LogP contribution in [-0.4, -0.2) is 0 Å². The quantitative estimate of drug-likeness (QED) is 0.223. The van der Waals surface area contributed by atoms with Gasteiger partial charge < -0.3 is 0 Å². The van der Waals surface area contributed by atoms with E-state index >= 15 is 0 Å². The third-order valence-electron chi connectivity index (χ3n) is 8.23. The van der Waals surface area contributed by atoms with Crippen LogP contribution in [0.5, 0.6) is 0 Å². The molecular formula is C40H26. The van der Waals surface area contributed by atoms with Gasteiger partial charge >= 0.3 is 0 Å². The van der Waals surface area contributed by atoms with Gasteiger partial charge in [0.05, 0.1) is 0 Å². The van der Waals surface area contributed by atoms with Crippen LogP contribution in [0.3, 0.4) is 0 Å². The average Bonchev–Trinajstić information content (AvgIpc) is 3.03. The first-order valence-corrected chi connectivity index (χ1v) is 13.9. The highest BCUT2D eigenvalue weighted by molar-refractivity contribution is 6.10. The molecule has 0 bridgehead atoms. The van der Waals surface area contributed by atoms with E-state index in [-0.39, 0.29) is 0 Å². The van der Waals surface area contributed by atoms with Gasteiger partial charge in [0.15, 0.2) is 0 Å². The largest absolute Gasteiger partial charge is 0.0616 e. The summed E-state index contributed by atoms with van der Waals surface area (Å²) in [5.41, 5.74) is 7.54. The average molecular weight is 507 g/mol. The number of hydrogen-bond donors (Lipinski definition) is 0. The lowest BCUT2D eigenvalue weighted by Gasteiger charge is -2.16. The molecule has 0 N–H and O–H groups in total. The molecule has 0 saturated carbocycles. The first-order valence-electron chi connectivity index (χ1n) is 13.9. The van der Waals surface area contributed by atoms with Crippen LogP contribution in [0, 0.1) is 0 Å². The highest BCUT2D eigenvalue weighted by atomic mass is 14.2. The van der Waals surface area contributed by atoms with Crippen molar-refractivity contribution in [2.24, 2.45) is 0 Å². The lowest BCUT2D eigenvalue weighted by Crippen LogP contribution is -1.89. The summed E-state index contributed by atoms with van der Waals surface area (Å²) in [7, 11) is 0. The zero-order valence-corrected chi connectivity index (χ0v) is 22.0. The molecule has 0 spiro atoms. The molecule has 0 nitrogen and oxygen atoms in total. The fourth-order valence-corrected chi connectivity index (χ4v) is 6.33. The lowest BCUT2D eigenvalue weighted by atomic mass is 9.88. The van der Waals surface area contributed by atoms with Crippen LogP contribution < -0.4 is 0 Å². The maximum absolute atomic E-state index is 2.39. The van der Waals surface area contributed by atoms with Crippen LogP contribution in [0.25, 0.3) is 76.5 Å². The van der Waals surface area contributed by atoms with Gasteiger partial charge in [-0.2, -0.15) is 0 Å². The Kier molecular flexibility index (Phi) is 5.24. The number of hydrogen-bond acceptors (Lipinski definition) is 0. The number of fused-ring (bicyclic) bond motifs is 4. The minimum atomic E-state index is 1.24. The van der Waals surface area contributed by atoms with Gasteiger partial charge in [0.1, 0.15) is 0 Å². The summed E-state index contributed by atoms with van der Waals surface area (Å²) >= 11 is 0. The molecule has 8 rings (SSSR count). The second-order valence-electron chi connectivity index (χ2n) is 10.5. The Morgan fingerprint density at radius 3 is 1.25 bits per heavy atom. The molecule has 8 aromatic carbocycles. The van der Waals surface area contributed by atoms with Crippen molar-refractivity contribution in [3.05, 3.63) is 158 Å².